The summed E-state index contributed by atoms with van der Waals surface area (Å²) in [5.41, 5.74) is 12.1. The number of rotatable bonds is 7. The maximum Gasteiger partial charge on any atom is 0.336 e. The Hall–Kier alpha value is -5.22. The van der Waals surface area contributed by atoms with E-state index in [-0.39, 0.29) is 22.0 Å². The third kappa shape index (κ3) is 5.70. The SMILES string of the molecule is Cc1cc(C23CC4CC(CC(C4)C2)C3)cc(C)c1-c1cc2ccccc2c(-c2c(C(=O)O)c(-c3c(C)cc(C45CC6CC(CC(C6)C4)C5)cc3C)cc3ccccc23)c1C(=O)O. The molecule has 0 heterocycles. The van der Waals surface area contributed by atoms with Gasteiger partial charge < -0.3 is 10.2 Å². The number of aryl methyl sites for hydroxylation is 4. The van der Waals surface area contributed by atoms with Crippen LogP contribution in [0.3, 0.4) is 0 Å². The van der Waals surface area contributed by atoms with Gasteiger partial charge in [-0.05, 0) is 240 Å². The average Bonchev–Trinajstić information content (AvgIpc) is 3.21. The molecule has 8 aliphatic rings. The van der Waals surface area contributed by atoms with Crippen LogP contribution in [0, 0.1) is 63.2 Å². The first-order valence-electron chi connectivity index (χ1n) is 23.7. The first-order valence-corrected chi connectivity index (χ1v) is 23.7. The highest BCUT2D eigenvalue weighted by molar-refractivity contribution is 6.22. The number of hydrogen-bond donors (Lipinski definition) is 2. The minimum Gasteiger partial charge on any atom is -0.478 e. The number of hydrogen-bond acceptors (Lipinski definition) is 2. The molecule has 0 amide bonds. The lowest BCUT2D eigenvalue weighted by Gasteiger charge is -2.57. The monoisotopic (exact) mass is 818 g/mol. The van der Waals surface area contributed by atoms with E-state index >= 15 is 0 Å². The van der Waals surface area contributed by atoms with Crippen LogP contribution in [0.1, 0.15) is 131 Å². The Morgan fingerprint density at radius 2 is 0.726 bits per heavy atom. The smallest absolute Gasteiger partial charge is 0.336 e. The van der Waals surface area contributed by atoms with Crippen LogP contribution in [0.25, 0.3) is 54.9 Å². The fourth-order valence-electron chi connectivity index (χ4n) is 16.4. The van der Waals surface area contributed by atoms with Crippen LogP contribution in [0.15, 0.2) is 84.9 Å². The van der Waals surface area contributed by atoms with E-state index in [1.165, 1.54) is 88.2 Å². The lowest BCUT2D eigenvalue weighted by molar-refractivity contribution is -0.00534. The predicted octanol–water partition coefficient (Wildman–Crippen LogP) is 14.6. The molecule has 0 aromatic heterocycles. The second kappa shape index (κ2) is 13.6. The minimum absolute atomic E-state index is 0.160. The molecule has 4 heteroatoms. The predicted molar refractivity (Wildman–Crippen MR) is 250 cm³/mol. The van der Waals surface area contributed by atoms with Crippen LogP contribution in [0.2, 0.25) is 0 Å². The molecule has 4 nitrogen and oxygen atoms in total. The molecule has 62 heavy (non-hydrogen) atoms. The Bertz CT molecular complexity index is 2610. The summed E-state index contributed by atoms with van der Waals surface area (Å²) in [5.74, 6) is 2.84. The average molecular weight is 819 g/mol. The van der Waals surface area contributed by atoms with E-state index in [1.54, 1.807) is 0 Å². The second-order valence-electron chi connectivity index (χ2n) is 21.8. The third-order valence-electron chi connectivity index (χ3n) is 17.7. The van der Waals surface area contributed by atoms with Crippen LogP contribution in [0.5, 0.6) is 0 Å². The lowest BCUT2D eigenvalue weighted by atomic mass is 9.48. The van der Waals surface area contributed by atoms with Gasteiger partial charge in [-0.15, -0.1) is 0 Å². The topological polar surface area (TPSA) is 74.6 Å². The molecule has 8 fully saturated rings. The molecule has 6 aromatic carbocycles. The summed E-state index contributed by atoms with van der Waals surface area (Å²) in [4.78, 5) is 28.4. The van der Waals surface area contributed by atoms with Crippen molar-refractivity contribution in [2.75, 3.05) is 0 Å². The van der Waals surface area contributed by atoms with E-state index in [9.17, 15) is 19.8 Å². The molecular weight excluding hydrogens is 761 g/mol. The fraction of sp³-hybridized carbons (Fsp3) is 0.414. The molecule has 314 valence electrons. The van der Waals surface area contributed by atoms with E-state index in [2.05, 4.69) is 52.0 Å². The maximum absolute atomic E-state index is 14.2. The molecule has 2 N–H and O–H groups in total. The first-order chi connectivity index (χ1) is 29.9. The zero-order chi connectivity index (χ0) is 42.4. The molecule has 0 saturated heterocycles. The van der Waals surface area contributed by atoms with Crippen LogP contribution in [0.4, 0.5) is 0 Å². The molecule has 0 atom stereocenters. The summed E-state index contributed by atoms with van der Waals surface area (Å²) >= 11 is 0. The van der Waals surface area contributed by atoms with Crippen molar-refractivity contribution >= 4 is 33.5 Å². The van der Waals surface area contributed by atoms with Gasteiger partial charge >= 0.3 is 11.9 Å². The van der Waals surface area contributed by atoms with Gasteiger partial charge in [0.2, 0.25) is 0 Å². The van der Waals surface area contributed by atoms with Crippen molar-refractivity contribution in [2.45, 2.75) is 116 Å². The van der Waals surface area contributed by atoms with Crippen molar-refractivity contribution in [1.82, 2.24) is 0 Å². The van der Waals surface area contributed by atoms with Crippen LogP contribution in [-0.4, -0.2) is 22.2 Å². The van der Waals surface area contributed by atoms with Gasteiger partial charge in [-0.25, -0.2) is 9.59 Å². The quantitative estimate of drug-likeness (QED) is 0.168. The van der Waals surface area contributed by atoms with Crippen LogP contribution in [-0.2, 0) is 10.8 Å². The number of aromatic carboxylic acids is 2. The van der Waals surface area contributed by atoms with E-state index < -0.39 is 11.9 Å². The Kier molecular flexibility index (Phi) is 8.46. The number of benzene rings is 6. The summed E-state index contributed by atoms with van der Waals surface area (Å²) in [7, 11) is 0. The first kappa shape index (κ1) is 38.5. The van der Waals surface area contributed by atoms with Gasteiger partial charge in [-0.3, -0.25) is 0 Å². The Morgan fingerprint density at radius 1 is 0.435 bits per heavy atom. The normalized spacial score (nSPS) is 29.2. The molecule has 8 aliphatic carbocycles. The van der Waals surface area contributed by atoms with E-state index in [4.69, 9.17) is 0 Å². The maximum atomic E-state index is 14.2. The van der Waals surface area contributed by atoms with Crippen molar-refractivity contribution in [3.8, 4) is 33.4 Å². The van der Waals surface area contributed by atoms with Gasteiger partial charge in [0.25, 0.3) is 0 Å². The van der Waals surface area contributed by atoms with E-state index in [0.29, 0.717) is 22.3 Å². The standard InChI is InChI=1S/C58H58O4/c1-31-13-43(57-25-35-17-36(26-57)19-37(18-35)27-57)14-32(2)49(31)47-23-41-9-5-7-11-45(41)51(53(47)55(59)60)52-46-12-8-6-10-42(46)24-48(54(52)56(61)62)50-33(3)15-44(16-34(50)4)58-28-38-20-39(29-58)22-40(21-38)30-58/h5-16,23-24,35-40H,17-22,25-30H2,1-4H3,(H,59,60)(H,61,62). The van der Waals surface area contributed by atoms with Crippen molar-refractivity contribution in [1.29, 1.82) is 0 Å². The van der Waals surface area contributed by atoms with Crippen molar-refractivity contribution in [3.63, 3.8) is 0 Å². The fourth-order valence-corrected chi connectivity index (χ4v) is 16.4. The zero-order valence-electron chi connectivity index (χ0n) is 36.7. The molecule has 6 aromatic rings. The number of carboxylic acids is 2. The lowest BCUT2D eigenvalue weighted by Crippen LogP contribution is -2.48. The van der Waals surface area contributed by atoms with Gasteiger partial charge in [0.15, 0.2) is 0 Å². The summed E-state index contributed by atoms with van der Waals surface area (Å²) in [6.45, 7) is 8.63. The van der Waals surface area contributed by atoms with Crippen molar-refractivity contribution < 1.29 is 19.8 Å². The highest BCUT2D eigenvalue weighted by atomic mass is 16.4. The molecule has 8 bridgehead atoms. The number of carboxylic acid groups (broad SMARTS) is 2. The van der Waals surface area contributed by atoms with Gasteiger partial charge in [-0.1, -0.05) is 72.8 Å². The van der Waals surface area contributed by atoms with Gasteiger partial charge in [0.1, 0.15) is 0 Å². The van der Waals surface area contributed by atoms with Crippen molar-refractivity contribution in [3.05, 3.63) is 129 Å². The molecule has 0 spiro atoms. The number of fused-ring (bicyclic) bond motifs is 2. The summed E-state index contributed by atoms with van der Waals surface area (Å²) in [5, 5.41) is 26.5. The second-order valence-corrected chi connectivity index (χ2v) is 21.8. The zero-order valence-corrected chi connectivity index (χ0v) is 36.7. The summed E-state index contributed by atoms with van der Waals surface area (Å²) < 4.78 is 0. The Balaban J connectivity index is 1.09. The van der Waals surface area contributed by atoms with Gasteiger partial charge in [0.05, 0.1) is 11.1 Å². The van der Waals surface area contributed by atoms with Crippen LogP contribution >= 0.6 is 0 Å². The van der Waals surface area contributed by atoms with Gasteiger partial charge in [-0.2, -0.15) is 0 Å². The molecule has 0 radical (unpaired) electrons. The minimum atomic E-state index is -1.05. The molecular formula is C58H58O4. The molecule has 14 rings (SSSR count). The van der Waals surface area contributed by atoms with E-state index in [0.717, 1.165) is 90.4 Å². The summed E-state index contributed by atoms with van der Waals surface area (Å²) in [6.07, 6.45) is 15.9. The summed E-state index contributed by atoms with van der Waals surface area (Å²) in [6, 6.07) is 29.5. The molecule has 0 aliphatic heterocycles. The largest absolute Gasteiger partial charge is 0.478 e. The third-order valence-corrected chi connectivity index (χ3v) is 17.7. The Labute approximate surface area is 365 Å². The molecule has 0 unspecified atom stereocenters. The Morgan fingerprint density at radius 3 is 1.02 bits per heavy atom. The van der Waals surface area contributed by atoms with Gasteiger partial charge in [0, 0.05) is 11.1 Å². The molecule has 8 saturated carbocycles. The van der Waals surface area contributed by atoms with E-state index in [1.807, 2.05) is 60.7 Å². The number of carbonyl (C=O) groups is 2. The van der Waals surface area contributed by atoms with Crippen molar-refractivity contribution in [2.24, 2.45) is 35.5 Å². The highest BCUT2D eigenvalue weighted by Gasteiger charge is 2.53. The highest BCUT2D eigenvalue weighted by Crippen LogP contribution is 2.63. The van der Waals surface area contributed by atoms with Crippen LogP contribution < -0.4 is 0 Å².